The van der Waals surface area contributed by atoms with Crippen molar-refractivity contribution >= 4 is 17.8 Å². The fourth-order valence-electron chi connectivity index (χ4n) is 1.87. The van der Waals surface area contributed by atoms with Crippen LogP contribution in [-0.2, 0) is 19.1 Å². The predicted octanol–water partition coefficient (Wildman–Crippen LogP) is -1.12. The van der Waals surface area contributed by atoms with Crippen LogP contribution in [0.4, 0.5) is 0 Å². The van der Waals surface area contributed by atoms with Gasteiger partial charge in [0.2, 0.25) is 5.91 Å². The van der Waals surface area contributed by atoms with Gasteiger partial charge in [0.15, 0.2) is 0 Å². The van der Waals surface area contributed by atoms with Gasteiger partial charge in [-0.2, -0.15) is 0 Å². The lowest BCUT2D eigenvalue weighted by Crippen LogP contribution is -2.51. The van der Waals surface area contributed by atoms with E-state index >= 15 is 0 Å². The molecule has 0 spiro atoms. The molecule has 1 rings (SSSR count). The summed E-state index contributed by atoms with van der Waals surface area (Å²) in [7, 11) is 0. The molecule has 0 radical (unpaired) electrons. The largest absolute Gasteiger partial charge is 0.481 e. The second-order valence-corrected chi connectivity index (χ2v) is 4.41. The number of nitrogens with zero attached hydrogens (tertiary/aromatic N) is 1. The number of carboxylic acids is 2. The minimum absolute atomic E-state index is 0.0646. The van der Waals surface area contributed by atoms with E-state index in [2.05, 4.69) is 0 Å². The summed E-state index contributed by atoms with van der Waals surface area (Å²) >= 11 is 0. The Bertz CT molecular complexity index is 359. The van der Waals surface area contributed by atoms with Crippen molar-refractivity contribution in [1.82, 2.24) is 4.90 Å². The van der Waals surface area contributed by atoms with Crippen LogP contribution in [0.25, 0.3) is 0 Å². The lowest BCUT2D eigenvalue weighted by atomic mass is 10.1. The summed E-state index contributed by atoms with van der Waals surface area (Å²) in [5, 5.41) is 17.2. The zero-order chi connectivity index (χ0) is 14.4. The number of hydrogen-bond acceptors (Lipinski definition) is 5. The molecule has 108 valence electrons. The molecule has 19 heavy (non-hydrogen) atoms. The second kappa shape index (κ2) is 7.05. The molecule has 1 aliphatic rings. The van der Waals surface area contributed by atoms with Crippen LogP contribution >= 0.6 is 0 Å². The Morgan fingerprint density at radius 1 is 1.32 bits per heavy atom. The van der Waals surface area contributed by atoms with Crippen LogP contribution in [0.5, 0.6) is 0 Å². The van der Waals surface area contributed by atoms with E-state index in [-0.39, 0.29) is 38.3 Å². The third-order valence-corrected chi connectivity index (χ3v) is 2.84. The van der Waals surface area contributed by atoms with Crippen molar-refractivity contribution in [3.8, 4) is 0 Å². The van der Waals surface area contributed by atoms with Crippen LogP contribution in [0.3, 0.4) is 0 Å². The molecule has 1 saturated heterocycles. The summed E-state index contributed by atoms with van der Waals surface area (Å²) in [5.41, 5.74) is 5.63. The lowest BCUT2D eigenvalue weighted by Gasteiger charge is -2.33. The topological polar surface area (TPSA) is 130 Å². The minimum atomic E-state index is -1.01. The summed E-state index contributed by atoms with van der Waals surface area (Å²) in [5.74, 6) is -2.36. The Kier molecular flexibility index (Phi) is 5.71. The second-order valence-electron chi connectivity index (χ2n) is 4.41. The van der Waals surface area contributed by atoms with Gasteiger partial charge in [-0.15, -0.1) is 0 Å². The molecule has 4 N–H and O–H groups in total. The van der Waals surface area contributed by atoms with Crippen LogP contribution < -0.4 is 5.73 Å². The molecule has 0 aromatic heterocycles. The molecule has 0 saturated carbocycles. The van der Waals surface area contributed by atoms with Crippen molar-refractivity contribution < 1.29 is 29.3 Å². The minimum Gasteiger partial charge on any atom is -0.481 e. The van der Waals surface area contributed by atoms with Crippen LogP contribution in [-0.4, -0.2) is 64.8 Å². The standard InChI is InChI=1S/C11H18N2O6/c12-8(1-2-9(14)15)11(18)13-3-4-19-7(6-13)5-10(16)17/h7-8H,1-6,12H2,(H,14,15)(H,16,17). The maximum absolute atomic E-state index is 11.9. The van der Waals surface area contributed by atoms with Crippen LogP contribution in [0, 0.1) is 0 Å². The normalized spacial score (nSPS) is 20.9. The average molecular weight is 274 g/mol. The van der Waals surface area contributed by atoms with E-state index < -0.39 is 24.1 Å². The molecular formula is C11H18N2O6. The van der Waals surface area contributed by atoms with Crippen molar-refractivity contribution in [1.29, 1.82) is 0 Å². The number of carbonyl (C=O) groups is 3. The van der Waals surface area contributed by atoms with E-state index in [1.165, 1.54) is 4.90 Å². The van der Waals surface area contributed by atoms with Crippen molar-refractivity contribution in [3.63, 3.8) is 0 Å². The molecule has 0 bridgehead atoms. The Morgan fingerprint density at radius 2 is 2.00 bits per heavy atom. The predicted molar refractivity (Wildman–Crippen MR) is 63.4 cm³/mol. The first-order chi connectivity index (χ1) is 8.90. The zero-order valence-electron chi connectivity index (χ0n) is 10.4. The highest BCUT2D eigenvalue weighted by Gasteiger charge is 2.28. The molecule has 1 amide bonds. The van der Waals surface area contributed by atoms with Gasteiger partial charge < -0.3 is 25.6 Å². The van der Waals surface area contributed by atoms with E-state index in [4.69, 9.17) is 20.7 Å². The highest BCUT2D eigenvalue weighted by molar-refractivity contribution is 5.82. The fourth-order valence-corrected chi connectivity index (χ4v) is 1.87. The van der Waals surface area contributed by atoms with E-state index in [1.807, 2.05) is 0 Å². The number of morpholine rings is 1. The molecule has 1 heterocycles. The van der Waals surface area contributed by atoms with Gasteiger partial charge in [0.25, 0.3) is 0 Å². The number of carbonyl (C=O) groups excluding carboxylic acids is 1. The highest BCUT2D eigenvalue weighted by atomic mass is 16.5. The van der Waals surface area contributed by atoms with Gasteiger partial charge in [-0.05, 0) is 6.42 Å². The summed E-state index contributed by atoms with van der Waals surface area (Å²) in [6.45, 7) is 0.775. The molecule has 2 atom stereocenters. The number of aliphatic carboxylic acids is 2. The summed E-state index contributed by atoms with van der Waals surface area (Å²) in [4.78, 5) is 34.4. The highest BCUT2D eigenvalue weighted by Crippen LogP contribution is 2.11. The van der Waals surface area contributed by atoms with Crippen molar-refractivity contribution in [3.05, 3.63) is 0 Å². The van der Waals surface area contributed by atoms with Gasteiger partial charge in [-0.25, -0.2) is 0 Å². The number of rotatable bonds is 6. The van der Waals surface area contributed by atoms with E-state index in [9.17, 15) is 14.4 Å². The van der Waals surface area contributed by atoms with Gasteiger partial charge in [0.05, 0.1) is 25.2 Å². The van der Waals surface area contributed by atoms with Gasteiger partial charge >= 0.3 is 11.9 Å². The van der Waals surface area contributed by atoms with Crippen molar-refractivity contribution in [2.75, 3.05) is 19.7 Å². The number of hydrogen-bond donors (Lipinski definition) is 3. The van der Waals surface area contributed by atoms with Gasteiger partial charge in [0, 0.05) is 19.5 Å². The van der Waals surface area contributed by atoms with Crippen LogP contribution in [0.1, 0.15) is 19.3 Å². The molecular weight excluding hydrogens is 256 g/mol. The maximum atomic E-state index is 11.9. The number of carboxylic acid groups (broad SMARTS) is 2. The first-order valence-electron chi connectivity index (χ1n) is 5.99. The molecule has 2 unspecified atom stereocenters. The van der Waals surface area contributed by atoms with E-state index in [0.717, 1.165) is 0 Å². The first kappa shape index (κ1) is 15.4. The molecule has 8 nitrogen and oxygen atoms in total. The van der Waals surface area contributed by atoms with Gasteiger partial charge in [-0.3, -0.25) is 14.4 Å². The SMILES string of the molecule is NC(CCC(=O)O)C(=O)N1CCOC(CC(=O)O)C1. The first-order valence-corrected chi connectivity index (χ1v) is 5.99. The van der Waals surface area contributed by atoms with Crippen LogP contribution in [0.2, 0.25) is 0 Å². The average Bonchev–Trinajstić information content (AvgIpc) is 2.34. The summed E-state index contributed by atoms with van der Waals surface area (Å²) in [6, 6.07) is -0.875. The monoisotopic (exact) mass is 274 g/mol. The van der Waals surface area contributed by atoms with Gasteiger partial charge in [0.1, 0.15) is 0 Å². The van der Waals surface area contributed by atoms with Crippen LogP contribution in [0.15, 0.2) is 0 Å². The molecule has 0 aromatic carbocycles. The van der Waals surface area contributed by atoms with Crippen molar-refractivity contribution in [2.45, 2.75) is 31.4 Å². The van der Waals surface area contributed by atoms with Gasteiger partial charge in [-0.1, -0.05) is 0 Å². The quantitative estimate of drug-likeness (QED) is 0.559. The molecule has 0 aliphatic carbocycles. The van der Waals surface area contributed by atoms with E-state index in [0.29, 0.717) is 6.54 Å². The lowest BCUT2D eigenvalue weighted by molar-refractivity contribution is -0.148. The Labute approximate surface area is 110 Å². The fraction of sp³-hybridized carbons (Fsp3) is 0.727. The number of amides is 1. The summed E-state index contributed by atoms with van der Waals surface area (Å²) < 4.78 is 5.24. The smallest absolute Gasteiger partial charge is 0.306 e. The Hall–Kier alpha value is -1.67. The molecule has 0 aromatic rings. The third kappa shape index (κ3) is 5.23. The maximum Gasteiger partial charge on any atom is 0.306 e. The molecule has 8 heteroatoms. The summed E-state index contributed by atoms with van der Waals surface area (Å²) in [6.07, 6.45) is -0.819. The van der Waals surface area contributed by atoms with E-state index in [1.54, 1.807) is 0 Å². The number of ether oxygens (including phenoxy) is 1. The Balaban J connectivity index is 2.46. The molecule has 1 fully saturated rings. The Morgan fingerprint density at radius 3 is 2.58 bits per heavy atom. The number of nitrogens with two attached hydrogens (primary N) is 1. The van der Waals surface area contributed by atoms with Crippen molar-refractivity contribution in [2.24, 2.45) is 5.73 Å². The zero-order valence-corrected chi connectivity index (χ0v) is 10.4. The third-order valence-electron chi connectivity index (χ3n) is 2.84. The molecule has 1 aliphatic heterocycles.